The predicted molar refractivity (Wildman–Crippen MR) is 75.6 cm³/mol. The van der Waals surface area contributed by atoms with Crippen molar-refractivity contribution in [3.05, 3.63) is 16.7 Å². The minimum Gasteiger partial charge on any atom is -0.480 e. The van der Waals surface area contributed by atoms with Gasteiger partial charge in [0.1, 0.15) is 13.1 Å². The number of aromatic nitrogens is 4. The number of fused-ring (bicyclic) bond motifs is 1. The highest BCUT2D eigenvalue weighted by Gasteiger charge is 2.22. The zero-order valence-electron chi connectivity index (χ0n) is 11.7. The molecule has 0 aliphatic carbocycles. The summed E-state index contributed by atoms with van der Waals surface area (Å²) in [4.78, 5) is 46.4. The number of hydrogen-bond acceptors (Lipinski definition) is 7. The van der Waals surface area contributed by atoms with Gasteiger partial charge in [-0.2, -0.15) is 4.98 Å². The van der Waals surface area contributed by atoms with Crippen molar-refractivity contribution in [2.75, 3.05) is 12.3 Å². The number of carboxylic acid groups (broad SMARTS) is 1. The summed E-state index contributed by atoms with van der Waals surface area (Å²) < 4.78 is 0.919. The molecule has 118 valence electrons. The van der Waals surface area contributed by atoms with Crippen LogP contribution in [0.15, 0.2) is 11.1 Å². The van der Waals surface area contributed by atoms with Crippen LogP contribution in [0, 0.1) is 0 Å². The summed E-state index contributed by atoms with van der Waals surface area (Å²) in [6, 6.07) is 0. The van der Waals surface area contributed by atoms with Gasteiger partial charge in [0.15, 0.2) is 11.2 Å². The Morgan fingerprint density at radius 2 is 2.23 bits per heavy atom. The van der Waals surface area contributed by atoms with E-state index >= 15 is 0 Å². The molecule has 6 N–H and O–H groups in total. The predicted octanol–water partition coefficient (Wildman–Crippen LogP) is -2.08. The Bertz CT molecular complexity index is 778. The molecule has 0 saturated carbocycles. The number of hydrogen-bond donors (Lipinski definition) is 4. The normalized spacial score (nSPS) is 12.3. The van der Waals surface area contributed by atoms with Crippen molar-refractivity contribution in [1.82, 2.24) is 24.4 Å². The van der Waals surface area contributed by atoms with Crippen LogP contribution in [0.3, 0.4) is 0 Å². The highest BCUT2D eigenvalue weighted by molar-refractivity contribution is 5.82. The number of aliphatic carboxylic acids is 1. The summed E-state index contributed by atoms with van der Waals surface area (Å²) in [5.41, 5.74) is 10.9. The molecule has 0 aliphatic heterocycles. The fraction of sp³-hybridized carbons (Fsp3) is 0.364. The molecule has 0 bridgehead atoms. The second kappa shape index (κ2) is 5.81. The number of carbonyl (C=O) groups excluding carboxylic acids is 1. The number of nitrogen functional groups attached to an aromatic ring is 1. The molecule has 0 radical (unpaired) electrons. The molecule has 0 aromatic carbocycles. The van der Waals surface area contributed by atoms with Gasteiger partial charge in [-0.25, -0.2) is 4.98 Å². The zero-order valence-corrected chi connectivity index (χ0v) is 11.7. The maximum atomic E-state index is 12.2. The van der Waals surface area contributed by atoms with Gasteiger partial charge >= 0.3 is 5.97 Å². The summed E-state index contributed by atoms with van der Waals surface area (Å²) in [7, 11) is 0. The first-order chi connectivity index (χ1) is 10.3. The number of imidazole rings is 1. The van der Waals surface area contributed by atoms with E-state index in [0.29, 0.717) is 0 Å². The number of amides is 1. The Balaban J connectivity index is 2.35. The quantitative estimate of drug-likeness (QED) is 0.455. The van der Waals surface area contributed by atoms with E-state index in [9.17, 15) is 14.4 Å². The third-order valence-corrected chi connectivity index (χ3v) is 2.98. The summed E-state index contributed by atoms with van der Waals surface area (Å²) in [5, 5.41) is 8.80. The van der Waals surface area contributed by atoms with Gasteiger partial charge in [0, 0.05) is 0 Å². The first-order valence-corrected chi connectivity index (χ1v) is 6.27. The van der Waals surface area contributed by atoms with Crippen LogP contribution in [0.1, 0.15) is 6.92 Å². The molecule has 1 atom stereocenters. The van der Waals surface area contributed by atoms with Crippen molar-refractivity contribution < 1.29 is 14.7 Å². The van der Waals surface area contributed by atoms with Crippen LogP contribution in [-0.2, 0) is 16.1 Å². The van der Waals surface area contributed by atoms with E-state index in [-0.39, 0.29) is 17.1 Å². The molecule has 2 rings (SSSR count). The van der Waals surface area contributed by atoms with Crippen molar-refractivity contribution in [1.29, 1.82) is 0 Å². The summed E-state index contributed by atoms with van der Waals surface area (Å²) >= 11 is 0. The van der Waals surface area contributed by atoms with Gasteiger partial charge in [-0.3, -0.25) is 19.0 Å². The molecule has 22 heavy (non-hydrogen) atoms. The number of anilines is 1. The van der Waals surface area contributed by atoms with Gasteiger partial charge in [0.2, 0.25) is 11.9 Å². The van der Waals surface area contributed by atoms with Crippen LogP contribution in [0.2, 0.25) is 0 Å². The number of nitrogens with zero attached hydrogens (tertiary/aromatic N) is 4. The Labute approximate surface area is 123 Å². The highest BCUT2D eigenvalue weighted by Crippen LogP contribution is 2.05. The van der Waals surface area contributed by atoms with E-state index in [1.807, 2.05) is 0 Å². The lowest BCUT2D eigenvalue weighted by Crippen LogP contribution is -2.48. The number of nitrogens with two attached hydrogens (primary N) is 2. The molecule has 11 heteroatoms. The lowest BCUT2D eigenvalue weighted by molar-refractivity contribution is -0.146. The van der Waals surface area contributed by atoms with Crippen molar-refractivity contribution in [3.63, 3.8) is 0 Å². The van der Waals surface area contributed by atoms with E-state index in [4.69, 9.17) is 16.6 Å². The standard InChI is InChI=1S/C11H15N7O4/c1-5(12)17(3-7(20)21)6(19)2-18-10(22)8-9(15-4-14-8)16-11(18)13/h4-5H,2-3,12H2,1H3,(H2,13,16)(H,14,15)(H,20,21). The van der Waals surface area contributed by atoms with E-state index in [1.165, 1.54) is 13.3 Å². The lowest BCUT2D eigenvalue weighted by Gasteiger charge is -2.25. The first-order valence-electron chi connectivity index (χ1n) is 6.27. The summed E-state index contributed by atoms with van der Waals surface area (Å²) in [5.74, 6) is -2.07. The van der Waals surface area contributed by atoms with Crippen LogP contribution in [0.25, 0.3) is 11.2 Å². The Hall–Kier alpha value is -2.95. The number of carbonyl (C=O) groups is 2. The van der Waals surface area contributed by atoms with E-state index in [2.05, 4.69) is 15.0 Å². The summed E-state index contributed by atoms with van der Waals surface area (Å²) in [6.45, 7) is 0.403. The molecule has 0 fully saturated rings. The third kappa shape index (κ3) is 2.88. The average Bonchev–Trinajstić information content (AvgIpc) is 2.88. The van der Waals surface area contributed by atoms with Crippen LogP contribution < -0.4 is 17.0 Å². The topological polar surface area (TPSA) is 173 Å². The summed E-state index contributed by atoms with van der Waals surface area (Å²) in [6.07, 6.45) is 0.450. The van der Waals surface area contributed by atoms with Gasteiger partial charge in [0.05, 0.1) is 12.5 Å². The number of nitrogens with one attached hydrogen (secondary N) is 1. The van der Waals surface area contributed by atoms with Gasteiger partial charge in [0.25, 0.3) is 5.56 Å². The molecule has 0 saturated heterocycles. The fourth-order valence-corrected chi connectivity index (χ4v) is 1.92. The first kappa shape index (κ1) is 15.4. The van der Waals surface area contributed by atoms with Gasteiger partial charge in [-0.05, 0) is 6.92 Å². The largest absolute Gasteiger partial charge is 0.480 e. The number of aromatic amines is 1. The van der Waals surface area contributed by atoms with Gasteiger partial charge < -0.3 is 26.5 Å². The van der Waals surface area contributed by atoms with Gasteiger partial charge in [-0.15, -0.1) is 0 Å². The molecular formula is C11H15N7O4. The number of carboxylic acids is 1. The lowest BCUT2D eigenvalue weighted by atomic mass is 10.3. The molecule has 1 unspecified atom stereocenters. The second-order valence-electron chi connectivity index (χ2n) is 4.62. The molecule has 1 amide bonds. The van der Waals surface area contributed by atoms with E-state index in [0.717, 1.165) is 9.47 Å². The van der Waals surface area contributed by atoms with Crippen LogP contribution in [-0.4, -0.2) is 54.1 Å². The molecule has 2 aromatic rings. The molecule has 0 spiro atoms. The maximum Gasteiger partial charge on any atom is 0.323 e. The van der Waals surface area contributed by atoms with Crippen LogP contribution in [0.5, 0.6) is 0 Å². The monoisotopic (exact) mass is 309 g/mol. The van der Waals surface area contributed by atoms with Crippen molar-refractivity contribution in [3.8, 4) is 0 Å². The van der Waals surface area contributed by atoms with Crippen LogP contribution >= 0.6 is 0 Å². The molecule has 2 heterocycles. The fourth-order valence-electron chi connectivity index (χ4n) is 1.92. The SMILES string of the molecule is CC(N)N(CC(=O)O)C(=O)Cn1c(N)nc2[nH]cnc2c1=O. The van der Waals surface area contributed by atoms with Crippen LogP contribution in [0.4, 0.5) is 5.95 Å². The minimum atomic E-state index is -1.22. The zero-order chi connectivity index (χ0) is 16.4. The number of rotatable bonds is 5. The molecule has 11 nitrogen and oxygen atoms in total. The molecule has 0 aliphatic rings. The van der Waals surface area contributed by atoms with E-state index < -0.39 is 36.7 Å². The average molecular weight is 309 g/mol. The minimum absolute atomic E-state index is 0.0348. The van der Waals surface area contributed by atoms with Gasteiger partial charge in [-0.1, -0.05) is 0 Å². The molecule has 2 aromatic heterocycles. The van der Waals surface area contributed by atoms with Crippen molar-refractivity contribution in [2.24, 2.45) is 5.73 Å². The number of H-pyrrole nitrogens is 1. The smallest absolute Gasteiger partial charge is 0.323 e. The third-order valence-electron chi connectivity index (χ3n) is 2.98. The Morgan fingerprint density at radius 3 is 2.82 bits per heavy atom. The second-order valence-corrected chi connectivity index (χ2v) is 4.62. The Kier molecular flexibility index (Phi) is 4.08. The Morgan fingerprint density at radius 1 is 1.55 bits per heavy atom. The maximum absolute atomic E-state index is 12.2. The highest BCUT2D eigenvalue weighted by atomic mass is 16.4. The molecular weight excluding hydrogens is 294 g/mol. The van der Waals surface area contributed by atoms with Crippen molar-refractivity contribution in [2.45, 2.75) is 19.6 Å². The van der Waals surface area contributed by atoms with Crippen molar-refractivity contribution >= 4 is 29.0 Å². The van der Waals surface area contributed by atoms with E-state index in [1.54, 1.807) is 0 Å².